The second-order valence-corrected chi connectivity index (χ2v) is 21.5. The zero-order valence-electron chi connectivity index (χ0n) is 43.5. The number of anilines is 8. The molecule has 11 aromatic carbocycles. The quantitative estimate of drug-likeness (QED) is 0.0845. The number of thiophene rings is 1. The normalized spacial score (nSPS) is 13.6. The molecule has 0 saturated heterocycles. The Balaban J connectivity index is 0.957. The molecule has 0 saturated carbocycles. The summed E-state index contributed by atoms with van der Waals surface area (Å²) in [5, 5.41) is 9.87. The molecule has 13 aromatic rings. The average molecular weight is 1020 g/mol. The summed E-state index contributed by atoms with van der Waals surface area (Å²) in [5.74, 6) is 0.407. The van der Waals surface area contributed by atoms with E-state index in [-0.39, 0.29) is 0 Å². The number of hydrogen-bond donors (Lipinski definition) is 0. The average Bonchev–Trinajstić information content (AvgIpc) is 4.26. The number of hydrogen-bond acceptors (Lipinski definition) is 4. The van der Waals surface area contributed by atoms with Crippen molar-refractivity contribution in [3.8, 4) is 5.69 Å². The molecule has 0 amide bonds. The Hall–Kier alpha value is -9.42. The van der Waals surface area contributed by atoms with Gasteiger partial charge < -0.3 is 19.3 Å². The Morgan fingerprint density at radius 2 is 1.00 bits per heavy atom. The van der Waals surface area contributed by atoms with Crippen molar-refractivity contribution in [1.82, 2.24) is 4.57 Å². The van der Waals surface area contributed by atoms with Crippen molar-refractivity contribution in [3.63, 3.8) is 0 Å². The van der Waals surface area contributed by atoms with Crippen LogP contribution in [-0.4, -0.2) is 4.57 Å². The molecule has 1 unspecified atom stereocenters. The monoisotopic (exact) mass is 1020 g/mol. The highest BCUT2D eigenvalue weighted by Crippen LogP contribution is 2.49. The highest BCUT2D eigenvalue weighted by Gasteiger charge is 2.26. The predicted molar refractivity (Wildman–Crippen MR) is 336 cm³/mol. The molecule has 374 valence electrons. The lowest BCUT2D eigenvalue weighted by molar-refractivity contribution is 0.562. The lowest BCUT2D eigenvalue weighted by Gasteiger charge is -2.32. The van der Waals surface area contributed by atoms with Crippen LogP contribution in [0.3, 0.4) is 0 Å². The van der Waals surface area contributed by atoms with E-state index >= 15 is 0 Å². The van der Waals surface area contributed by atoms with Gasteiger partial charge >= 0.3 is 0 Å². The fourth-order valence-corrected chi connectivity index (χ4v) is 13.3. The maximum absolute atomic E-state index is 4.12. The smallest absolute Gasteiger partial charge is 0.0640 e. The van der Waals surface area contributed by atoms with Crippen LogP contribution in [0.15, 0.2) is 285 Å². The van der Waals surface area contributed by atoms with E-state index in [1.165, 1.54) is 63.8 Å². The molecule has 1 aliphatic carbocycles. The van der Waals surface area contributed by atoms with Crippen LogP contribution >= 0.6 is 11.3 Å². The van der Waals surface area contributed by atoms with E-state index in [2.05, 4.69) is 300 Å². The van der Waals surface area contributed by atoms with Crippen molar-refractivity contribution in [2.24, 2.45) is 5.92 Å². The van der Waals surface area contributed by atoms with Gasteiger partial charge in [-0.3, -0.25) is 0 Å². The summed E-state index contributed by atoms with van der Waals surface area (Å²) in [4.78, 5) is 7.33. The largest absolute Gasteiger partial charge is 0.311 e. The van der Waals surface area contributed by atoms with E-state index in [9.17, 15) is 0 Å². The summed E-state index contributed by atoms with van der Waals surface area (Å²) >= 11 is 1.88. The van der Waals surface area contributed by atoms with Gasteiger partial charge in [-0.05, 0) is 187 Å². The molecule has 0 aliphatic heterocycles. The second kappa shape index (κ2) is 19.9. The Morgan fingerprint density at radius 1 is 0.462 bits per heavy atom. The highest BCUT2D eigenvalue weighted by molar-refractivity contribution is 7.26. The molecule has 1 aliphatic rings. The zero-order valence-corrected chi connectivity index (χ0v) is 44.3. The first-order valence-electron chi connectivity index (χ1n) is 27.1. The van der Waals surface area contributed by atoms with Gasteiger partial charge in [0.05, 0.1) is 21.4 Å². The van der Waals surface area contributed by atoms with Gasteiger partial charge in [0.1, 0.15) is 0 Å². The third kappa shape index (κ3) is 8.23. The Kier molecular flexibility index (Phi) is 12.0. The van der Waals surface area contributed by atoms with Crippen LogP contribution in [0.25, 0.3) is 69.2 Å². The van der Waals surface area contributed by atoms with E-state index < -0.39 is 0 Å². The minimum absolute atomic E-state index is 0.407. The van der Waals surface area contributed by atoms with Gasteiger partial charge in [0.25, 0.3) is 0 Å². The summed E-state index contributed by atoms with van der Waals surface area (Å²) in [6.45, 7) is 6.47. The molecule has 5 heteroatoms. The first kappa shape index (κ1) is 47.1. The summed E-state index contributed by atoms with van der Waals surface area (Å²) in [6.07, 6.45) is 9.87. The van der Waals surface area contributed by atoms with Gasteiger partial charge in [-0.25, -0.2) is 0 Å². The molecule has 0 radical (unpaired) electrons. The summed E-state index contributed by atoms with van der Waals surface area (Å²) in [5.41, 5.74) is 15.0. The third-order valence-corrected chi connectivity index (χ3v) is 17.1. The molecule has 0 N–H and O–H groups in total. The van der Waals surface area contributed by atoms with Crippen molar-refractivity contribution >= 4 is 120 Å². The second-order valence-electron chi connectivity index (χ2n) is 20.5. The van der Waals surface area contributed by atoms with E-state index in [1.807, 2.05) is 11.3 Å². The summed E-state index contributed by atoms with van der Waals surface area (Å²) < 4.78 is 4.93. The Bertz CT molecular complexity index is 4420. The molecule has 2 aromatic heterocycles. The lowest BCUT2D eigenvalue weighted by Crippen LogP contribution is -2.21. The fourth-order valence-electron chi connectivity index (χ4n) is 12.2. The molecule has 2 heterocycles. The zero-order chi connectivity index (χ0) is 52.1. The van der Waals surface area contributed by atoms with Crippen molar-refractivity contribution in [2.45, 2.75) is 26.2 Å². The SMILES string of the molecule is C=CCCC1CC=CC(N(c2ccc3sc4c(N(c5ccccc5)c5ccc6c(ccc7ccccc76)c5)cccc4c3c2)c2ccc3c(c2)c2cc(N(c4ccccc4)c4ccccc4)ccc2n3-c2ccccc2)=C1C. The van der Waals surface area contributed by atoms with Gasteiger partial charge in [-0.15, -0.1) is 17.9 Å². The molecule has 0 spiro atoms. The molecule has 0 fully saturated rings. The standard InChI is InChI=1S/C73H56N4S/c1-3-4-21-51-23-19-34-68(50(51)2)76(60-40-44-70-66(48-60)65-47-59(39-43-69(65)77(70)57-30-15-8-16-31-57)74(54-24-9-5-10-25-54)55-26-11-6-12-27-55)61-41-45-72-67(49-61)64-33-20-35-71(73(64)78-72)75(56-28-13-7-14-29-56)58-38-42-63-53(46-58)37-36-52-22-17-18-32-62(52)63/h3,5-20,22,24-49,51H,1,4,21,23H2,2H3. The number of fused-ring (bicyclic) bond motifs is 9. The van der Waals surface area contributed by atoms with Crippen LogP contribution in [0.5, 0.6) is 0 Å². The van der Waals surface area contributed by atoms with E-state index in [0.29, 0.717) is 5.92 Å². The van der Waals surface area contributed by atoms with Crippen molar-refractivity contribution in [2.75, 3.05) is 14.7 Å². The van der Waals surface area contributed by atoms with E-state index in [4.69, 9.17) is 0 Å². The number of aromatic nitrogens is 1. The molecule has 1 atom stereocenters. The predicted octanol–water partition coefficient (Wildman–Crippen LogP) is 21.4. The molecule has 4 nitrogen and oxygen atoms in total. The summed E-state index contributed by atoms with van der Waals surface area (Å²) in [6, 6.07) is 91.2. The minimum Gasteiger partial charge on any atom is -0.311 e. The molecule has 78 heavy (non-hydrogen) atoms. The number of benzene rings is 11. The highest BCUT2D eigenvalue weighted by atomic mass is 32.1. The Labute approximate surface area is 459 Å². The van der Waals surface area contributed by atoms with Gasteiger partial charge in [-0.2, -0.15) is 0 Å². The maximum Gasteiger partial charge on any atom is 0.0640 e. The molecule has 14 rings (SSSR count). The van der Waals surface area contributed by atoms with Crippen LogP contribution in [-0.2, 0) is 0 Å². The van der Waals surface area contributed by atoms with Crippen LogP contribution in [0.1, 0.15) is 26.2 Å². The number of para-hydroxylation sites is 4. The molecule has 0 bridgehead atoms. The number of nitrogens with zero attached hydrogens (tertiary/aromatic N) is 4. The van der Waals surface area contributed by atoms with Crippen LogP contribution in [0.4, 0.5) is 45.5 Å². The molecular weight excluding hydrogens is 965 g/mol. The number of allylic oxidation sites excluding steroid dienone is 4. The fraction of sp³-hybridized carbons (Fsp3) is 0.0685. The third-order valence-electron chi connectivity index (χ3n) is 15.9. The maximum atomic E-state index is 4.12. The van der Waals surface area contributed by atoms with Gasteiger partial charge in [-0.1, -0.05) is 140 Å². The van der Waals surface area contributed by atoms with Gasteiger partial charge in [0.15, 0.2) is 0 Å². The van der Waals surface area contributed by atoms with E-state index in [0.717, 1.165) is 81.5 Å². The lowest BCUT2D eigenvalue weighted by atomic mass is 9.86. The number of rotatable bonds is 13. The first-order valence-corrected chi connectivity index (χ1v) is 27.9. The van der Waals surface area contributed by atoms with Gasteiger partial charge in [0.2, 0.25) is 0 Å². The first-order chi connectivity index (χ1) is 38.6. The van der Waals surface area contributed by atoms with Crippen LogP contribution in [0, 0.1) is 5.92 Å². The van der Waals surface area contributed by atoms with Crippen molar-refractivity contribution < 1.29 is 0 Å². The summed E-state index contributed by atoms with van der Waals surface area (Å²) in [7, 11) is 0. The van der Waals surface area contributed by atoms with Crippen LogP contribution in [0.2, 0.25) is 0 Å². The molecular formula is C73H56N4S. The van der Waals surface area contributed by atoms with Crippen molar-refractivity contribution in [1.29, 1.82) is 0 Å². The minimum atomic E-state index is 0.407. The van der Waals surface area contributed by atoms with Gasteiger partial charge in [0, 0.05) is 77.4 Å². The van der Waals surface area contributed by atoms with E-state index in [1.54, 1.807) is 0 Å². The topological polar surface area (TPSA) is 14.7 Å². The van der Waals surface area contributed by atoms with Crippen molar-refractivity contribution in [3.05, 3.63) is 285 Å². The van der Waals surface area contributed by atoms with Crippen LogP contribution < -0.4 is 14.7 Å². The Morgan fingerprint density at radius 3 is 1.68 bits per heavy atom.